The van der Waals surface area contributed by atoms with Gasteiger partial charge in [0.05, 0.1) is 6.61 Å². The van der Waals surface area contributed by atoms with Gasteiger partial charge in [0, 0.05) is 37.7 Å². The SMILES string of the molecule is COCC1(C(=O)O)CCN(C(=O)c2ccc(CNC(=O)C(C)(C)C)cc2)C1. The number of likely N-dealkylation sites (tertiary alicyclic amines) is 1. The number of hydrogen-bond donors (Lipinski definition) is 2. The zero-order valence-corrected chi connectivity index (χ0v) is 16.4. The maximum absolute atomic E-state index is 12.7. The Kier molecular flexibility index (Phi) is 6.26. The Labute approximate surface area is 159 Å². The van der Waals surface area contributed by atoms with Crippen LogP contribution in [0.5, 0.6) is 0 Å². The summed E-state index contributed by atoms with van der Waals surface area (Å²) >= 11 is 0. The summed E-state index contributed by atoms with van der Waals surface area (Å²) < 4.78 is 5.06. The maximum atomic E-state index is 12.7. The van der Waals surface area contributed by atoms with Crippen molar-refractivity contribution in [2.45, 2.75) is 33.7 Å². The molecule has 1 aliphatic heterocycles. The summed E-state index contributed by atoms with van der Waals surface area (Å²) in [6.45, 7) is 6.54. The fraction of sp³-hybridized carbons (Fsp3) is 0.550. The van der Waals surface area contributed by atoms with E-state index in [2.05, 4.69) is 5.32 Å². The van der Waals surface area contributed by atoms with Crippen LogP contribution in [0.4, 0.5) is 0 Å². The van der Waals surface area contributed by atoms with Crippen LogP contribution < -0.4 is 5.32 Å². The normalized spacial score (nSPS) is 19.8. The second-order valence-electron chi connectivity index (χ2n) is 8.12. The minimum atomic E-state index is -1.04. The maximum Gasteiger partial charge on any atom is 0.313 e. The van der Waals surface area contributed by atoms with Gasteiger partial charge >= 0.3 is 5.97 Å². The smallest absolute Gasteiger partial charge is 0.313 e. The topological polar surface area (TPSA) is 95.9 Å². The van der Waals surface area contributed by atoms with Crippen LogP contribution in [0.15, 0.2) is 24.3 Å². The molecule has 7 heteroatoms. The average Bonchev–Trinajstić information content (AvgIpc) is 3.04. The number of carboxylic acids is 1. The molecule has 0 radical (unpaired) electrons. The zero-order valence-electron chi connectivity index (χ0n) is 16.4. The number of methoxy groups -OCH3 is 1. The quantitative estimate of drug-likeness (QED) is 0.791. The lowest BCUT2D eigenvalue weighted by atomic mass is 9.88. The van der Waals surface area contributed by atoms with E-state index in [1.165, 1.54) is 7.11 Å². The van der Waals surface area contributed by atoms with Crippen molar-refractivity contribution >= 4 is 17.8 Å². The van der Waals surface area contributed by atoms with Crippen molar-refractivity contribution in [2.75, 3.05) is 26.8 Å². The minimum Gasteiger partial charge on any atom is -0.481 e. The molecule has 2 N–H and O–H groups in total. The van der Waals surface area contributed by atoms with Gasteiger partial charge in [-0.15, -0.1) is 0 Å². The third-order valence-electron chi connectivity index (χ3n) is 4.85. The van der Waals surface area contributed by atoms with E-state index in [1.54, 1.807) is 29.2 Å². The van der Waals surface area contributed by atoms with Crippen molar-refractivity contribution < 1.29 is 24.2 Å². The van der Waals surface area contributed by atoms with Crippen LogP contribution in [0.3, 0.4) is 0 Å². The molecule has 0 bridgehead atoms. The Bertz CT molecular complexity index is 708. The largest absolute Gasteiger partial charge is 0.481 e. The summed E-state index contributed by atoms with van der Waals surface area (Å²) in [5.74, 6) is -1.17. The van der Waals surface area contributed by atoms with E-state index in [0.717, 1.165) is 5.56 Å². The first-order valence-corrected chi connectivity index (χ1v) is 8.98. The molecule has 27 heavy (non-hydrogen) atoms. The molecule has 148 valence electrons. The monoisotopic (exact) mass is 376 g/mol. The van der Waals surface area contributed by atoms with Crippen LogP contribution in [0.1, 0.15) is 43.1 Å². The molecule has 0 saturated carbocycles. The molecule has 1 heterocycles. The number of carbonyl (C=O) groups excluding carboxylic acids is 2. The standard InChI is InChI=1S/C20H28N2O5/c1-19(2,3)17(24)21-11-14-5-7-15(8-6-14)16(23)22-10-9-20(12-22,13-27-4)18(25)26/h5-8H,9-13H2,1-4H3,(H,21,24)(H,25,26). The number of hydrogen-bond acceptors (Lipinski definition) is 4. The van der Waals surface area contributed by atoms with E-state index in [-0.39, 0.29) is 25.0 Å². The van der Waals surface area contributed by atoms with Gasteiger partial charge in [-0.1, -0.05) is 32.9 Å². The molecular formula is C20H28N2O5. The van der Waals surface area contributed by atoms with Crippen LogP contribution >= 0.6 is 0 Å². The van der Waals surface area contributed by atoms with Crippen LogP contribution in [0.2, 0.25) is 0 Å². The van der Waals surface area contributed by atoms with Crippen molar-refractivity contribution in [3.8, 4) is 0 Å². The molecule has 1 fully saturated rings. The number of nitrogens with zero attached hydrogens (tertiary/aromatic N) is 1. The third-order valence-corrected chi connectivity index (χ3v) is 4.85. The molecule has 1 aliphatic rings. The number of amides is 2. The molecule has 1 aromatic rings. The predicted molar refractivity (Wildman–Crippen MR) is 100 cm³/mol. The van der Waals surface area contributed by atoms with Gasteiger partial charge in [-0.2, -0.15) is 0 Å². The molecule has 1 aromatic carbocycles. The first kappa shape index (κ1) is 20.9. The van der Waals surface area contributed by atoms with Crippen LogP contribution in [-0.4, -0.2) is 54.6 Å². The number of carboxylic acid groups (broad SMARTS) is 1. The van der Waals surface area contributed by atoms with Crippen LogP contribution in [0.25, 0.3) is 0 Å². The highest BCUT2D eigenvalue weighted by Gasteiger charge is 2.46. The Hall–Kier alpha value is -2.41. The van der Waals surface area contributed by atoms with Gasteiger partial charge in [-0.05, 0) is 24.1 Å². The number of rotatable bonds is 6. The highest BCUT2D eigenvalue weighted by molar-refractivity contribution is 5.95. The molecule has 1 unspecified atom stereocenters. The fourth-order valence-electron chi connectivity index (χ4n) is 3.07. The van der Waals surface area contributed by atoms with Gasteiger partial charge < -0.3 is 20.1 Å². The van der Waals surface area contributed by atoms with Crippen molar-refractivity contribution in [1.82, 2.24) is 10.2 Å². The van der Waals surface area contributed by atoms with E-state index in [4.69, 9.17) is 4.74 Å². The minimum absolute atomic E-state index is 0.0390. The van der Waals surface area contributed by atoms with E-state index in [9.17, 15) is 19.5 Å². The van der Waals surface area contributed by atoms with Gasteiger partial charge in [-0.3, -0.25) is 14.4 Å². The number of nitrogens with one attached hydrogen (secondary N) is 1. The predicted octanol–water partition coefficient (Wildman–Crippen LogP) is 1.91. The molecule has 1 atom stereocenters. The molecule has 0 aliphatic carbocycles. The van der Waals surface area contributed by atoms with Gasteiger partial charge in [-0.25, -0.2) is 0 Å². The molecule has 1 saturated heterocycles. The third kappa shape index (κ3) is 4.86. The Morgan fingerprint density at radius 2 is 1.85 bits per heavy atom. The van der Waals surface area contributed by atoms with Gasteiger partial charge in [0.1, 0.15) is 5.41 Å². The molecule has 2 rings (SSSR count). The van der Waals surface area contributed by atoms with Crippen molar-refractivity contribution in [1.29, 1.82) is 0 Å². The lowest BCUT2D eigenvalue weighted by Crippen LogP contribution is -2.40. The molecule has 0 spiro atoms. The Balaban J connectivity index is 2.00. The van der Waals surface area contributed by atoms with E-state index in [0.29, 0.717) is 25.1 Å². The second-order valence-corrected chi connectivity index (χ2v) is 8.12. The number of benzene rings is 1. The average molecular weight is 376 g/mol. The van der Waals surface area contributed by atoms with Gasteiger partial charge in [0.25, 0.3) is 5.91 Å². The lowest BCUT2D eigenvalue weighted by Gasteiger charge is -2.23. The highest BCUT2D eigenvalue weighted by Crippen LogP contribution is 2.32. The lowest BCUT2D eigenvalue weighted by molar-refractivity contribution is -0.151. The van der Waals surface area contributed by atoms with Gasteiger partial charge in [0.15, 0.2) is 0 Å². The Morgan fingerprint density at radius 3 is 2.37 bits per heavy atom. The van der Waals surface area contributed by atoms with E-state index in [1.807, 2.05) is 20.8 Å². The van der Waals surface area contributed by atoms with Crippen molar-refractivity contribution in [3.05, 3.63) is 35.4 Å². The summed E-state index contributed by atoms with van der Waals surface area (Å²) in [6, 6.07) is 7.01. The van der Waals surface area contributed by atoms with Crippen LogP contribution in [0, 0.1) is 10.8 Å². The fourth-order valence-corrected chi connectivity index (χ4v) is 3.07. The number of aliphatic carboxylic acids is 1. The molecule has 7 nitrogen and oxygen atoms in total. The molecule has 0 aromatic heterocycles. The summed E-state index contributed by atoms with van der Waals surface area (Å²) in [5.41, 5.74) is -0.101. The Morgan fingerprint density at radius 1 is 1.22 bits per heavy atom. The number of carbonyl (C=O) groups is 3. The summed E-state index contributed by atoms with van der Waals surface area (Å²) in [7, 11) is 1.46. The zero-order chi connectivity index (χ0) is 20.2. The van der Waals surface area contributed by atoms with Crippen molar-refractivity contribution in [2.24, 2.45) is 10.8 Å². The van der Waals surface area contributed by atoms with Crippen LogP contribution in [-0.2, 0) is 20.9 Å². The first-order valence-electron chi connectivity index (χ1n) is 8.98. The first-order chi connectivity index (χ1) is 12.6. The van der Waals surface area contributed by atoms with E-state index < -0.39 is 16.8 Å². The summed E-state index contributed by atoms with van der Waals surface area (Å²) in [5, 5.41) is 12.4. The summed E-state index contributed by atoms with van der Waals surface area (Å²) in [4.78, 5) is 37.8. The molecular weight excluding hydrogens is 348 g/mol. The summed E-state index contributed by atoms with van der Waals surface area (Å²) in [6.07, 6.45) is 0.374. The second kappa shape index (κ2) is 8.08. The van der Waals surface area contributed by atoms with Gasteiger partial charge in [0.2, 0.25) is 5.91 Å². The molecule has 2 amide bonds. The van der Waals surface area contributed by atoms with E-state index >= 15 is 0 Å². The number of ether oxygens (including phenoxy) is 1. The van der Waals surface area contributed by atoms with Crippen molar-refractivity contribution in [3.63, 3.8) is 0 Å². The highest BCUT2D eigenvalue weighted by atomic mass is 16.5.